The first-order valence-corrected chi connectivity index (χ1v) is 8.00. The molecule has 5 nitrogen and oxygen atoms in total. The molecule has 6 heteroatoms. The molecule has 1 amide bonds. The van der Waals surface area contributed by atoms with Crippen LogP contribution in [0.2, 0.25) is 0 Å². The van der Waals surface area contributed by atoms with Crippen LogP contribution in [0.3, 0.4) is 0 Å². The summed E-state index contributed by atoms with van der Waals surface area (Å²) in [4.78, 5) is 12.0. The highest BCUT2D eigenvalue weighted by Gasteiger charge is 2.11. The van der Waals surface area contributed by atoms with E-state index < -0.39 is 0 Å². The van der Waals surface area contributed by atoms with E-state index in [4.69, 9.17) is 0 Å². The summed E-state index contributed by atoms with van der Waals surface area (Å²) in [5.74, 6) is 1.05. The average Bonchev–Trinajstić information content (AvgIpc) is 2.82. The van der Waals surface area contributed by atoms with Crippen molar-refractivity contribution >= 4 is 23.4 Å². The van der Waals surface area contributed by atoms with E-state index in [2.05, 4.69) is 22.1 Å². The Morgan fingerprint density at radius 3 is 2.77 bits per heavy atom. The van der Waals surface area contributed by atoms with Gasteiger partial charge in [-0.05, 0) is 44.0 Å². The van der Waals surface area contributed by atoms with Crippen LogP contribution in [0.4, 0.5) is 5.69 Å². The van der Waals surface area contributed by atoms with Crippen molar-refractivity contribution < 1.29 is 4.79 Å². The largest absolute Gasteiger partial charge is 0.325 e. The highest BCUT2D eigenvalue weighted by atomic mass is 32.2. The summed E-state index contributed by atoms with van der Waals surface area (Å²) in [7, 11) is 0. The number of aryl methyl sites for hydroxylation is 3. The first kappa shape index (κ1) is 16.3. The number of carbonyl (C=O) groups excluding carboxylic acids is 1. The lowest BCUT2D eigenvalue weighted by atomic mass is 10.1. The molecule has 1 aromatic carbocycles. The molecular formula is C16H20N4OS. The Hall–Kier alpha value is -2.08. The number of rotatable bonds is 6. The zero-order valence-electron chi connectivity index (χ0n) is 13.1. The number of benzene rings is 1. The molecule has 2 aromatic rings. The summed E-state index contributed by atoms with van der Waals surface area (Å²) >= 11 is 1.37. The Kier molecular flexibility index (Phi) is 5.38. The van der Waals surface area contributed by atoms with E-state index in [1.54, 1.807) is 6.08 Å². The highest BCUT2D eigenvalue weighted by Crippen LogP contribution is 2.18. The first-order chi connectivity index (χ1) is 10.5. The Morgan fingerprint density at radius 2 is 2.09 bits per heavy atom. The van der Waals surface area contributed by atoms with Crippen molar-refractivity contribution in [3.05, 3.63) is 47.8 Å². The summed E-state index contributed by atoms with van der Waals surface area (Å²) in [5, 5.41) is 11.7. The van der Waals surface area contributed by atoms with Gasteiger partial charge in [0.1, 0.15) is 5.82 Å². The van der Waals surface area contributed by atoms with Crippen molar-refractivity contribution in [2.24, 2.45) is 0 Å². The number of carbonyl (C=O) groups is 1. The van der Waals surface area contributed by atoms with Gasteiger partial charge in [-0.1, -0.05) is 23.9 Å². The number of amides is 1. The van der Waals surface area contributed by atoms with Crippen LogP contribution in [0.5, 0.6) is 0 Å². The summed E-state index contributed by atoms with van der Waals surface area (Å²) in [6.07, 6.45) is 1.79. The first-order valence-electron chi connectivity index (χ1n) is 7.02. The van der Waals surface area contributed by atoms with E-state index in [1.165, 1.54) is 17.3 Å². The Morgan fingerprint density at radius 1 is 1.32 bits per heavy atom. The summed E-state index contributed by atoms with van der Waals surface area (Å²) in [5.41, 5.74) is 3.18. The molecule has 116 valence electrons. The lowest BCUT2D eigenvalue weighted by Crippen LogP contribution is -2.14. The minimum atomic E-state index is -0.0564. The van der Waals surface area contributed by atoms with Crippen molar-refractivity contribution in [3.63, 3.8) is 0 Å². The molecule has 0 unspecified atom stereocenters. The average molecular weight is 316 g/mol. The van der Waals surface area contributed by atoms with Crippen LogP contribution in [0, 0.1) is 20.8 Å². The Balaban J connectivity index is 1.95. The second-order valence-electron chi connectivity index (χ2n) is 5.06. The van der Waals surface area contributed by atoms with Gasteiger partial charge in [-0.2, -0.15) is 0 Å². The van der Waals surface area contributed by atoms with E-state index in [-0.39, 0.29) is 5.91 Å². The maximum absolute atomic E-state index is 12.0. The number of anilines is 1. The zero-order chi connectivity index (χ0) is 16.1. The molecule has 0 radical (unpaired) electrons. The van der Waals surface area contributed by atoms with Crippen molar-refractivity contribution in [2.45, 2.75) is 32.5 Å². The fourth-order valence-electron chi connectivity index (χ4n) is 1.95. The molecule has 22 heavy (non-hydrogen) atoms. The number of aromatic nitrogens is 3. The van der Waals surface area contributed by atoms with E-state index in [9.17, 15) is 4.79 Å². The second-order valence-corrected chi connectivity index (χ2v) is 6.01. The molecule has 0 aliphatic heterocycles. The monoisotopic (exact) mass is 316 g/mol. The minimum absolute atomic E-state index is 0.0564. The third kappa shape index (κ3) is 3.98. The molecule has 1 aromatic heterocycles. The maximum Gasteiger partial charge on any atom is 0.234 e. The van der Waals surface area contributed by atoms with Crippen LogP contribution < -0.4 is 5.32 Å². The van der Waals surface area contributed by atoms with Crippen molar-refractivity contribution in [2.75, 3.05) is 11.1 Å². The van der Waals surface area contributed by atoms with Gasteiger partial charge in [0.15, 0.2) is 5.16 Å². The van der Waals surface area contributed by atoms with Gasteiger partial charge in [0.05, 0.1) is 5.75 Å². The number of nitrogens with zero attached hydrogens (tertiary/aromatic N) is 3. The van der Waals surface area contributed by atoms with E-state index in [0.29, 0.717) is 12.3 Å². The number of nitrogens with one attached hydrogen (secondary N) is 1. The lowest BCUT2D eigenvalue weighted by molar-refractivity contribution is -0.113. The summed E-state index contributed by atoms with van der Waals surface area (Å²) in [6, 6.07) is 5.89. The number of hydrogen-bond donors (Lipinski definition) is 1. The smallest absolute Gasteiger partial charge is 0.234 e. The quantitative estimate of drug-likeness (QED) is 0.657. The molecule has 0 bridgehead atoms. The highest BCUT2D eigenvalue weighted by molar-refractivity contribution is 7.99. The number of hydrogen-bond acceptors (Lipinski definition) is 4. The summed E-state index contributed by atoms with van der Waals surface area (Å²) in [6.45, 7) is 10.3. The number of thioether (sulfide) groups is 1. The van der Waals surface area contributed by atoms with Crippen LogP contribution in [0.15, 0.2) is 36.0 Å². The SMILES string of the molecule is C=CCn1c(C)nnc1SCC(=O)Nc1ccc(C)c(C)c1. The van der Waals surface area contributed by atoms with Gasteiger partial charge in [-0.25, -0.2) is 0 Å². The molecule has 0 atom stereocenters. The standard InChI is InChI=1S/C16H20N4OS/c1-5-8-20-13(4)18-19-16(20)22-10-15(21)17-14-7-6-11(2)12(3)9-14/h5-7,9H,1,8,10H2,2-4H3,(H,17,21). The predicted molar refractivity (Wildman–Crippen MR) is 90.2 cm³/mol. The van der Waals surface area contributed by atoms with Gasteiger partial charge >= 0.3 is 0 Å². The third-order valence-electron chi connectivity index (χ3n) is 3.34. The molecule has 0 fully saturated rings. The molecular weight excluding hydrogens is 296 g/mol. The van der Waals surface area contributed by atoms with E-state index >= 15 is 0 Å². The summed E-state index contributed by atoms with van der Waals surface area (Å²) < 4.78 is 1.93. The van der Waals surface area contributed by atoms with Gasteiger partial charge < -0.3 is 9.88 Å². The van der Waals surface area contributed by atoms with Crippen LogP contribution in [-0.2, 0) is 11.3 Å². The fourth-order valence-corrected chi connectivity index (χ4v) is 2.75. The van der Waals surface area contributed by atoms with Crippen molar-refractivity contribution in [1.82, 2.24) is 14.8 Å². The second kappa shape index (κ2) is 7.26. The fraction of sp³-hybridized carbons (Fsp3) is 0.312. The van der Waals surface area contributed by atoms with Gasteiger partial charge in [0.25, 0.3) is 0 Å². The normalized spacial score (nSPS) is 10.5. The van der Waals surface area contributed by atoms with Crippen LogP contribution in [0.25, 0.3) is 0 Å². The molecule has 1 heterocycles. The molecule has 0 saturated heterocycles. The van der Waals surface area contributed by atoms with Crippen LogP contribution in [-0.4, -0.2) is 26.4 Å². The maximum atomic E-state index is 12.0. The van der Waals surface area contributed by atoms with Crippen molar-refractivity contribution in [3.8, 4) is 0 Å². The molecule has 0 aliphatic rings. The predicted octanol–water partition coefficient (Wildman–Crippen LogP) is 3.12. The molecule has 1 N–H and O–H groups in total. The van der Waals surface area contributed by atoms with Crippen LogP contribution >= 0.6 is 11.8 Å². The van der Waals surface area contributed by atoms with E-state index in [1.807, 2.05) is 43.5 Å². The topological polar surface area (TPSA) is 59.8 Å². The number of allylic oxidation sites excluding steroid dienone is 1. The minimum Gasteiger partial charge on any atom is -0.325 e. The lowest BCUT2D eigenvalue weighted by Gasteiger charge is -2.08. The van der Waals surface area contributed by atoms with E-state index in [0.717, 1.165) is 22.2 Å². The van der Waals surface area contributed by atoms with Crippen molar-refractivity contribution in [1.29, 1.82) is 0 Å². The Bertz CT molecular complexity index is 693. The van der Waals surface area contributed by atoms with Crippen LogP contribution in [0.1, 0.15) is 17.0 Å². The van der Waals surface area contributed by atoms with Gasteiger partial charge in [-0.3, -0.25) is 4.79 Å². The van der Waals surface area contributed by atoms with Gasteiger partial charge in [0.2, 0.25) is 5.91 Å². The zero-order valence-corrected chi connectivity index (χ0v) is 13.9. The third-order valence-corrected chi connectivity index (χ3v) is 4.30. The van der Waals surface area contributed by atoms with Gasteiger partial charge in [-0.15, -0.1) is 16.8 Å². The molecule has 0 aliphatic carbocycles. The Labute approximate surface area is 134 Å². The molecule has 0 spiro atoms. The van der Waals surface area contributed by atoms with Gasteiger partial charge in [0, 0.05) is 12.2 Å². The molecule has 2 rings (SSSR count). The molecule has 0 saturated carbocycles.